The Bertz CT molecular complexity index is 462. The first-order chi connectivity index (χ1) is 9.86. The van der Waals surface area contributed by atoms with Crippen LogP contribution in [-0.4, -0.2) is 5.97 Å². The molecular formula is C18H25O3. The summed E-state index contributed by atoms with van der Waals surface area (Å²) in [5, 5.41) is 0. The summed E-state index contributed by atoms with van der Waals surface area (Å²) in [5.74, 6) is 0.276. The molecule has 0 spiro atoms. The predicted octanol–water partition coefficient (Wildman–Crippen LogP) is 4.85. The second-order valence-electron chi connectivity index (χ2n) is 7.00. The summed E-state index contributed by atoms with van der Waals surface area (Å²) in [6.07, 6.45) is 4.84. The minimum absolute atomic E-state index is 0.337. The maximum absolute atomic E-state index is 11.9. The monoisotopic (exact) mass is 289 g/mol. The van der Waals surface area contributed by atoms with Crippen LogP contribution in [0.5, 0.6) is 0 Å². The van der Waals surface area contributed by atoms with Gasteiger partial charge in [0.1, 0.15) is 6.10 Å². The van der Waals surface area contributed by atoms with Gasteiger partial charge in [-0.05, 0) is 56.1 Å². The van der Waals surface area contributed by atoms with Crippen LogP contribution >= 0.6 is 0 Å². The molecule has 0 atom stereocenters. The van der Waals surface area contributed by atoms with Crippen molar-refractivity contribution in [3.63, 3.8) is 0 Å². The molecule has 1 aromatic carbocycles. The molecule has 0 heterocycles. The summed E-state index contributed by atoms with van der Waals surface area (Å²) in [4.78, 5) is 22.1. The average molecular weight is 289 g/mol. The molecule has 1 fully saturated rings. The number of benzene rings is 1. The zero-order valence-electron chi connectivity index (χ0n) is 13.4. The van der Waals surface area contributed by atoms with Crippen molar-refractivity contribution in [1.82, 2.24) is 0 Å². The molecule has 0 aromatic heterocycles. The van der Waals surface area contributed by atoms with Gasteiger partial charge in [-0.15, -0.1) is 0 Å². The Balaban J connectivity index is 1.77. The SMILES string of the molecule is Cc1ccc(C(=O)OO[C]2CCC(C(C)(C)C)CC2)cc1. The van der Waals surface area contributed by atoms with Crippen LogP contribution in [0.25, 0.3) is 0 Å². The van der Waals surface area contributed by atoms with Gasteiger partial charge in [-0.2, -0.15) is 4.89 Å². The van der Waals surface area contributed by atoms with Crippen LogP contribution in [0.15, 0.2) is 24.3 Å². The molecule has 0 saturated heterocycles. The fourth-order valence-electron chi connectivity index (χ4n) is 2.72. The summed E-state index contributed by atoms with van der Waals surface area (Å²) in [5.41, 5.74) is 1.97. The lowest BCUT2D eigenvalue weighted by Crippen LogP contribution is -2.26. The number of carbonyl (C=O) groups excluding carboxylic acids is 1. The van der Waals surface area contributed by atoms with Crippen LogP contribution in [0.2, 0.25) is 0 Å². The van der Waals surface area contributed by atoms with Crippen molar-refractivity contribution in [1.29, 1.82) is 0 Å². The smallest absolute Gasteiger partial charge is 0.292 e. The minimum atomic E-state index is -0.430. The van der Waals surface area contributed by atoms with Crippen LogP contribution < -0.4 is 0 Å². The Kier molecular flexibility index (Phi) is 5.04. The van der Waals surface area contributed by atoms with Gasteiger partial charge in [0.15, 0.2) is 0 Å². The maximum atomic E-state index is 11.9. The van der Waals surface area contributed by atoms with Crippen LogP contribution in [0.4, 0.5) is 0 Å². The summed E-state index contributed by atoms with van der Waals surface area (Å²) in [6.45, 7) is 8.82. The topological polar surface area (TPSA) is 35.5 Å². The molecule has 1 saturated carbocycles. The third-order valence-electron chi connectivity index (χ3n) is 4.29. The number of hydrogen-bond acceptors (Lipinski definition) is 3. The fraction of sp³-hybridized carbons (Fsp3) is 0.556. The van der Waals surface area contributed by atoms with E-state index in [-0.39, 0.29) is 0 Å². The molecule has 0 bridgehead atoms. The van der Waals surface area contributed by atoms with Crippen molar-refractivity contribution < 1.29 is 14.6 Å². The van der Waals surface area contributed by atoms with Crippen molar-refractivity contribution >= 4 is 5.97 Å². The zero-order valence-corrected chi connectivity index (χ0v) is 13.4. The summed E-state index contributed by atoms with van der Waals surface area (Å²) >= 11 is 0. The maximum Gasteiger partial charge on any atom is 0.373 e. The predicted molar refractivity (Wildman–Crippen MR) is 82.3 cm³/mol. The molecule has 2 rings (SSSR count). The highest BCUT2D eigenvalue weighted by Gasteiger charge is 2.31. The second-order valence-corrected chi connectivity index (χ2v) is 7.00. The molecule has 1 aliphatic carbocycles. The van der Waals surface area contributed by atoms with Crippen molar-refractivity contribution in [2.24, 2.45) is 11.3 Å². The van der Waals surface area contributed by atoms with Crippen LogP contribution in [0.3, 0.4) is 0 Å². The minimum Gasteiger partial charge on any atom is -0.292 e. The molecule has 0 unspecified atom stereocenters. The molecule has 1 aromatic rings. The Morgan fingerprint density at radius 2 is 1.67 bits per heavy atom. The van der Waals surface area contributed by atoms with E-state index in [4.69, 9.17) is 9.78 Å². The molecule has 0 amide bonds. The van der Waals surface area contributed by atoms with E-state index < -0.39 is 5.97 Å². The van der Waals surface area contributed by atoms with E-state index in [1.165, 1.54) is 0 Å². The fourth-order valence-corrected chi connectivity index (χ4v) is 2.72. The number of hydrogen-bond donors (Lipinski definition) is 0. The first kappa shape index (κ1) is 16.0. The highest BCUT2D eigenvalue weighted by atomic mass is 17.2. The van der Waals surface area contributed by atoms with Gasteiger partial charge in [0.05, 0.1) is 5.56 Å². The van der Waals surface area contributed by atoms with E-state index in [0.717, 1.165) is 37.4 Å². The van der Waals surface area contributed by atoms with Crippen molar-refractivity contribution in [3.8, 4) is 0 Å². The van der Waals surface area contributed by atoms with Gasteiger partial charge in [0.2, 0.25) is 0 Å². The molecule has 0 N–H and O–H groups in total. The van der Waals surface area contributed by atoms with Gasteiger partial charge < -0.3 is 0 Å². The zero-order chi connectivity index (χ0) is 15.5. The Morgan fingerprint density at radius 3 is 2.19 bits per heavy atom. The Hall–Kier alpha value is -1.35. The summed E-state index contributed by atoms with van der Waals surface area (Å²) in [6, 6.07) is 7.28. The van der Waals surface area contributed by atoms with E-state index in [9.17, 15) is 4.79 Å². The number of aryl methyl sites for hydroxylation is 1. The van der Waals surface area contributed by atoms with E-state index in [1.807, 2.05) is 19.1 Å². The molecule has 3 heteroatoms. The highest BCUT2D eigenvalue weighted by Crippen LogP contribution is 2.40. The number of rotatable bonds is 3. The van der Waals surface area contributed by atoms with Gasteiger partial charge >= 0.3 is 5.97 Å². The van der Waals surface area contributed by atoms with Crippen LogP contribution in [0, 0.1) is 24.4 Å². The third-order valence-corrected chi connectivity index (χ3v) is 4.29. The average Bonchev–Trinajstić information content (AvgIpc) is 2.45. The van der Waals surface area contributed by atoms with Crippen LogP contribution in [0.1, 0.15) is 62.4 Å². The Labute approximate surface area is 127 Å². The molecule has 1 radical (unpaired) electrons. The number of carbonyl (C=O) groups is 1. The molecule has 0 aliphatic heterocycles. The van der Waals surface area contributed by atoms with E-state index in [1.54, 1.807) is 12.1 Å². The lowest BCUT2D eigenvalue weighted by Gasteiger charge is -2.35. The largest absolute Gasteiger partial charge is 0.373 e. The highest BCUT2D eigenvalue weighted by molar-refractivity contribution is 5.88. The lowest BCUT2D eigenvalue weighted by molar-refractivity contribution is -0.241. The summed E-state index contributed by atoms with van der Waals surface area (Å²) < 4.78 is 0. The third kappa shape index (κ3) is 4.57. The van der Waals surface area contributed by atoms with Gasteiger partial charge in [0.25, 0.3) is 0 Å². The molecule has 1 aliphatic rings. The van der Waals surface area contributed by atoms with Gasteiger partial charge in [-0.25, -0.2) is 4.79 Å². The quantitative estimate of drug-likeness (QED) is 0.589. The molecule has 21 heavy (non-hydrogen) atoms. The Morgan fingerprint density at radius 1 is 1.10 bits per heavy atom. The molecular weight excluding hydrogens is 264 g/mol. The standard InChI is InChI=1S/C18H25O3/c1-13-5-7-14(8-6-13)17(19)21-20-16-11-9-15(10-12-16)18(2,3)4/h5-8,15H,9-12H2,1-4H3. The second kappa shape index (κ2) is 6.61. The molecule has 3 nitrogen and oxygen atoms in total. The van der Waals surface area contributed by atoms with Crippen molar-refractivity contribution in [2.45, 2.75) is 53.4 Å². The van der Waals surface area contributed by atoms with E-state index in [2.05, 4.69) is 20.8 Å². The van der Waals surface area contributed by atoms with Crippen molar-refractivity contribution in [3.05, 3.63) is 41.5 Å². The van der Waals surface area contributed by atoms with Crippen molar-refractivity contribution in [2.75, 3.05) is 0 Å². The first-order valence-corrected chi connectivity index (χ1v) is 7.66. The van der Waals surface area contributed by atoms with E-state index in [0.29, 0.717) is 16.9 Å². The lowest BCUT2D eigenvalue weighted by atomic mass is 9.72. The van der Waals surface area contributed by atoms with Gasteiger partial charge in [-0.1, -0.05) is 38.5 Å². The van der Waals surface area contributed by atoms with E-state index >= 15 is 0 Å². The van der Waals surface area contributed by atoms with Gasteiger partial charge in [-0.3, -0.25) is 4.89 Å². The first-order valence-electron chi connectivity index (χ1n) is 7.66. The van der Waals surface area contributed by atoms with Gasteiger partial charge in [0, 0.05) is 0 Å². The molecule has 115 valence electrons. The van der Waals surface area contributed by atoms with Crippen LogP contribution in [-0.2, 0) is 9.78 Å². The normalized spacial score (nSPS) is 17.7. The summed E-state index contributed by atoms with van der Waals surface area (Å²) in [7, 11) is 0.